The van der Waals surface area contributed by atoms with Gasteiger partial charge in [-0.05, 0) is 38.0 Å². The number of nitrogens with one attached hydrogen (secondary N) is 1. The number of carbonyl (C=O) groups excluding carboxylic acids is 1. The number of carbonyl (C=O) groups is 1. The maximum Gasteiger partial charge on any atom is 0.320 e. The molecule has 0 unspecified atom stereocenters. The minimum atomic E-state index is -0.221. The number of hydrogen-bond acceptors (Lipinski definition) is 4. The second kappa shape index (κ2) is 6.23. The molecule has 0 aromatic carbocycles. The van der Waals surface area contributed by atoms with Crippen molar-refractivity contribution in [3.05, 3.63) is 29.6 Å². The molecule has 16 heavy (non-hydrogen) atoms. The summed E-state index contributed by atoms with van der Waals surface area (Å²) in [6, 6.07) is 1.94. The third-order valence-corrected chi connectivity index (χ3v) is 2.09. The standard InChI is InChI=1S/C12H18N2O2/c1-9(2)16-12(15)8-14-7-11-4-5-13-6-10(11)3/h4-6,9,14H,7-8H2,1-3H3. The van der Waals surface area contributed by atoms with E-state index in [2.05, 4.69) is 10.3 Å². The molecule has 1 aromatic rings. The Balaban J connectivity index is 2.31. The lowest BCUT2D eigenvalue weighted by molar-refractivity contribution is -0.146. The molecule has 1 heterocycles. The van der Waals surface area contributed by atoms with Crippen LogP contribution in [0.1, 0.15) is 25.0 Å². The van der Waals surface area contributed by atoms with E-state index in [1.807, 2.05) is 33.0 Å². The zero-order valence-electron chi connectivity index (χ0n) is 9.99. The number of pyridine rings is 1. The van der Waals surface area contributed by atoms with E-state index >= 15 is 0 Å². The molecule has 88 valence electrons. The maximum atomic E-state index is 11.2. The van der Waals surface area contributed by atoms with Gasteiger partial charge in [0.1, 0.15) is 0 Å². The van der Waals surface area contributed by atoms with Crippen molar-refractivity contribution >= 4 is 5.97 Å². The number of ether oxygens (including phenoxy) is 1. The highest BCUT2D eigenvalue weighted by atomic mass is 16.5. The molecule has 4 heteroatoms. The molecule has 0 aliphatic carbocycles. The number of nitrogens with zero attached hydrogens (tertiary/aromatic N) is 1. The van der Waals surface area contributed by atoms with E-state index in [1.165, 1.54) is 0 Å². The number of hydrogen-bond donors (Lipinski definition) is 1. The summed E-state index contributed by atoms with van der Waals surface area (Å²) in [5, 5.41) is 3.05. The largest absolute Gasteiger partial charge is 0.462 e. The summed E-state index contributed by atoms with van der Waals surface area (Å²) in [4.78, 5) is 15.2. The first-order valence-electron chi connectivity index (χ1n) is 5.39. The Kier molecular flexibility index (Phi) is 4.92. The molecule has 0 radical (unpaired) electrons. The maximum absolute atomic E-state index is 11.2. The Morgan fingerprint density at radius 3 is 2.94 bits per heavy atom. The number of esters is 1. The van der Waals surface area contributed by atoms with Crippen LogP contribution in [-0.2, 0) is 16.1 Å². The summed E-state index contributed by atoms with van der Waals surface area (Å²) < 4.78 is 5.00. The van der Waals surface area contributed by atoms with Crippen LogP contribution in [0.3, 0.4) is 0 Å². The molecule has 0 bridgehead atoms. The van der Waals surface area contributed by atoms with E-state index in [9.17, 15) is 4.79 Å². The molecule has 0 aliphatic heterocycles. The van der Waals surface area contributed by atoms with Crippen molar-refractivity contribution in [2.75, 3.05) is 6.54 Å². The van der Waals surface area contributed by atoms with Crippen molar-refractivity contribution in [2.45, 2.75) is 33.4 Å². The summed E-state index contributed by atoms with van der Waals surface area (Å²) in [6.07, 6.45) is 3.50. The molecule has 1 N–H and O–H groups in total. The van der Waals surface area contributed by atoms with Crippen LogP contribution in [0.2, 0.25) is 0 Å². The Labute approximate surface area is 96.0 Å². The second-order valence-corrected chi connectivity index (χ2v) is 3.94. The van der Waals surface area contributed by atoms with E-state index < -0.39 is 0 Å². The monoisotopic (exact) mass is 222 g/mol. The molecule has 0 saturated carbocycles. The molecular formula is C12H18N2O2. The van der Waals surface area contributed by atoms with Gasteiger partial charge in [0.2, 0.25) is 0 Å². The fourth-order valence-electron chi connectivity index (χ4n) is 1.30. The van der Waals surface area contributed by atoms with Crippen LogP contribution < -0.4 is 5.32 Å². The minimum Gasteiger partial charge on any atom is -0.462 e. The zero-order valence-corrected chi connectivity index (χ0v) is 9.99. The van der Waals surface area contributed by atoms with E-state index in [-0.39, 0.29) is 18.6 Å². The van der Waals surface area contributed by atoms with Gasteiger partial charge < -0.3 is 10.1 Å². The molecule has 0 spiro atoms. The summed E-state index contributed by atoms with van der Waals surface area (Å²) in [7, 11) is 0. The Morgan fingerprint density at radius 1 is 1.56 bits per heavy atom. The van der Waals surface area contributed by atoms with Crippen LogP contribution in [0.5, 0.6) is 0 Å². The number of aryl methyl sites for hydroxylation is 1. The van der Waals surface area contributed by atoms with Gasteiger partial charge in [-0.1, -0.05) is 0 Å². The first-order valence-corrected chi connectivity index (χ1v) is 5.39. The first-order chi connectivity index (χ1) is 7.59. The summed E-state index contributed by atoms with van der Waals surface area (Å²) in [5.41, 5.74) is 2.26. The summed E-state index contributed by atoms with van der Waals surface area (Å²) >= 11 is 0. The van der Waals surface area contributed by atoms with Crippen molar-refractivity contribution in [3.63, 3.8) is 0 Å². The molecule has 1 aromatic heterocycles. The van der Waals surface area contributed by atoms with Gasteiger partial charge in [-0.25, -0.2) is 0 Å². The third-order valence-electron chi connectivity index (χ3n) is 2.09. The van der Waals surface area contributed by atoms with Crippen LogP contribution >= 0.6 is 0 Å². The van der Waals surface area contributed by atoms with Gasteiger partial charge in [0.15, 0.2) is 0 Å². The van der Waals surface area contributed by atoms with Crippen molar-refractivity contribution < 1.29 is 9.53 Å². The quantitative estimate of drug-likeness (QED) is 0.766. The first kappa shape index (κ1) is 12.6. The van der Waals surface area contributed by atoms with E-state index in [1.54, 1.807) is 6.20 Å². The topological polar surface area (TPSA) is 51.2 Å². The molecular weight excluding hydrogens is 204 g/mol. The van der Waals surface area contributed by atoms with Gasteiger partial charge in [0, 0.05) is 18.9 Å². The molecule has 0 saturated heterocycles. The van der Waals surface area contributed by atoms with Gasteiger partial charge in [0.05, 0.1) is 12.6 Å². The molecule has 1 rings (SSSR count). The van der Waals surface area contributed by atoms with Crippen molar-refractivity contribution in [3.8, 4) is 0 Å². The highest BCUT2D eigenvalue weighted by Gasteiger charge is 2.04. The van der Waals surface area contributed by atoms with Crippen molar-refractivity contribution in [1.82, 2.24) is 10.3 Å². The second-order valence-electron chi connectivity index (χ2n) is 3.94. The van der Waals surface area contributed by atoms with Crippen LogP contribution in [0.4, 0.5) is 0 Å². The molecule has 4 nitrogen and oxygen atoms in total. The van der Waals surface area contributed by atoms with Crippen LogP contribution in [-0.4, -0.2) is 23.6 Å². The SMILES string of the molecule is Cc1cnccc1CNCC(=O)OC(C)C. The fourth-order valence-corrected chi connectivity index (χ4v) is 1.30. The zero-order chi connectivity index (χ0) is 12.0. The lowest BCUT2D eigenvalue weighted by atomic mass is 10.1. The minimum absolute atomic E-state index is 0.0584. The van der Waals surface area contributed by atoms with Crippen LogP contribution in [0.25, 0.3) is 0 Å². The predicted octanol–water partition coefficient (Wildman–Crippen LogP) is 1.43. The van der Waals surface area contributed by atoms with Crippen molar-refractivity contribution in [1.29, 1.82) is 0 Å². The average Bonchev–Trinajstić information content (AvgIpc) is 2.19. The van der Waals surface area contributed by atoms with Crippen molar-refractivity contribution in [2.24, 2.45) is 0 Å². The Morgan fingerprint density at radius 2 is 2.31 bits per heavy atom. The van der Waals surface area contributed by atoms with E-state index in [0.29, 0.717) is 6.54 Å². The third kappa shape index (κ3) is 4.40. The molecule has 0 fully saturated rings. The fraction of sp³-hybridized carbons (Fsp3) is 0.500. The van der Waals surface area contributed by atoms with Crippen LogP contribution in [0.15, 0.2) is 18.5 Å². The smallest absolute Gasteiger partial charge is 0.320 e. The lowest BCUT2D eigenvalue weighted by Crippen LogP contribution is -2.26. The van der Waals surface area contributed by atoms with Gasteiger partial charge in [0.25, 0.3) is 0 Å². The van der Waals surface area contributed by atoms with Gasteiger partial charge in [-0.2, -0.15) is 0 Å². The van der Waals surface area contributed by atoms with Gasteiger partial charge >= 0.3 is 5.97 Å². The van der Waals surface area contributed by atoms with E-state index in [4.69, 9.17) is 4.74 Å². The molecule has 0 atom stereocenters. The molecule has 0 amide bonds. The van der Waals surface area contributed by atoms with Crippen LogP contribution in [0, 0.1) is 6.92 Å². The summed E-state index contributed by atoms with van der Waals surface area (Å²) in [6.45, 7) is 6.56. The van der Waals surface area contributed by atoms with E-state index in [0.717, 1.165) is 11.1 Å². The van der Waals surface area contributed by atoms with Gasteiger partial charge in [-0.3, -0.25) is 9.78 Å². The lowest BCUT2D eigenvalue weighted by Gasteiger charge is -2.09. The molecule has 0 aliphatic rings. The number of aromatic nitrogens is 1. The highest BCUT2D eigenvalue weighted by molar-refractivity contribution is 5.71. The summed E-state index contributed by atoms with van der Waals surface area (Å²) in [5.74, 6) is -0.221. The number of rotatable bonds is 5. The normalized spacial score (nSPS) is 10.5. The predicted molar refractivity (Wildman–Crippen MR) is 61.9 cm³/mol. The highest BCUT2D eigenvalue weighted by Crippen LogP contribution is 2.03. The Bertz CT molecular complexity index is 351. The Hall–Kier alpha value is -1.42. The van der Waals surface area contributed by atoms with Gasteiger partial charge in [-0.15, -0.1) is 0 Å². The average molecular weight is 222 g/mol.